The maximum absolute atomic E-state index is 14.6. The third-order valence-corrected chi connectivity index (χ3v) is 6.67. The molecule has 0 saturated heterocycles. The van der Waals surface area contributed by atoms with Crippen molar-refractivity contribution >= 4 is 39.3 Å². The summed E-state index contributed by atoms with van der Waals surface area (Å²) in [5.41, 5.74) is 1.20. The van der Waals surface area contributed by atoms with Gasteiger partial charge in [0.05, 0.1) is 4.47 Å². The van der Waals surface area contributed by atoms with E-state index in [9.17, 15) is 14.0 Å². The molecule has 0 aliphatic carbocycles. The molecule has 1 N–H and O–H groups in total. The molecule has 0 bridgehead atoms. The predicted octanol–water partition coefficient (Wildman–Crippen LogP) is 6.18. The predicted molar refractivity (Wildman–Crippen MR) is 143 cm³/mol. The molecule has 36 heavy (non-hydrogen) atoms. The number of nitrogens with zero attached hydrogens (tertiary/aromatic N) is 1. The first-order valence-corrected chi connectivity index (χ1v) is 12.9. The number of hydrogen-bond acceptors (Lipinski definition) is 3. The van der Waals surface area contributed by atoms with Gasteiger partial charge in [0.2, 0.25) is 5.91 Å². The van der Waals surface area contributed by atoms with E-state index in [0.717, 1.165) is 12.0 Å². The van der Waals surface area contributed by atoms with E-state index in [0.29, 0.717) is 20.8 Å². The number of carbonyl (C=O) groups is 2. The van der Waals surface area contributed by atoms with Gasteiger partial charge in [-0.05, 0) is 59.1 Å². The molecule has 5 nitrogen and oxygen atoms in total. The smallest absolute Gasteiger partial charge is 0.261 e. The number of ether oxygens (including phenoxy) is 1. The quantitative estimate of drug-likeness (QED) is 0.297. The van der Waals surface area contributed by atoms with Gasteiger partial charge in [0.25, 0.3) is 5.91 Å². The maximum Gasteiger partial charge on any atom is 0.261 e. The topological polar surface area (TPSA) is 58.6 Å². The van der Waals surface area contributed by atoms with Gasteiger partial charge in [-0.3, -0.25) is 9.59 Å². The zero-order chi connectivity index (χ0) is 26.1. The highest BCUT2D eigenvalue weighted by atomic mass is 79.9. The first-order valence-electron chi connectivity index (χ1n) is 11.7. The summed E-state index contributed by atoms with van der Waals surface area (Å²) in [5, 5.41) is 3.51. The maximum atomic E-state index is 14.6. The number of halogens is 3. The number of hydrogen-bond donors (Lipinski definition) is 1. The van der Waals surface area contributed by atoms with Crippen LogP contribution in [0.15, 0.2) is 77.3 Å². The lowest BCUT2D eigenvalue weighted by atomic mass is 10.0. The summed E-state index contributed by atoms with van der Waals surface area (Å²) in [6.45, 7) is 3.46. The number of amides is 2. The molecule has 3 rings (SSSR count). The van der Waals surface area contributed by atoms with Gasteiger partial charge in [-0.15, -0.1) is 0 Å². The third-order valence-electron chi connectivity index (χ3n) is 5.82. The number of rotatable bonds is 11. The van der Waals surface area contributed by atoms with Crippen LogP contribution in [0.4, 0.5) is 4.39 Å². The minimum absolute atomic E-state index is 0.0811. The Morgan fingerprint density at radius 2 is 1.78 bits per heavy atom. The van der Waals surface area contributed by atoms with Gasteiger partial charge >= 0.3 is 0 Å². The lowest BCUT2D eigenvalue weighted by molar-refractivity contribution is -0.143. The average molecular weight is 576 g/mol. The molecule has 2 amide bonds. The van der Waals surface area contributed by atoms with Crippen molar-refractivity contribution in [3.05, 3.63) is 99.2 Å². The van der Waals surface area contributed by atoms with Crippen molar-refractivity contribution in [3.8, 4) is 5.75 Å². The molecule has 3 aromatic carbocycles. The summed E-state index contributed by atoms with van der Waals surface area (Å²) in [6.07, 6.45) is 1.01. The molecular formula is C28H29BrClFN2O3. The Hall–Kier alpha value is -2.90. The second-order valence-corrected chi connectivity index (χ2v) is 9.79. The zero-order valence-electron chi connectivity index (χ0n) is 20.2. The molecule has 0 radical (unpaired) electrons. The van der Waals surface area contributed by atoms with Gasteiger partial charge in [-0.25, -0.2) is 4.39 Å². The van der Waals surface area contributed by atoms with Crippen molar-refractivity contribution < 1.29 is 18.7 Å². The van der Waals surface area contributed by atoms with E-state index in [2.05, 4.69) is 21.2 Å². The van der Waals surface area contributed by atoms with E-state index < -0.39 is 17.8 Å². The molecule has 0 aliphatic heterocycles. The molecule has 190 valence electrons. The Bertz CT molecular complexity index is 1180. The molecule has 0 aliphatic rings. The number of nitrogens with one attached hydrogen (secondary N) is 1. The van der Waals surface area contributed by atoms with Gasteiger partial charge in [-0.1, -0.05) is 67.1 Å². The fraction of sp³-hybridized carbons (Fsp3) is 0.286. The normalized spacial score (nSPS) is 12.5. The monoisotopic (exact) mass is 574 g/mol. The lowest BCUT2D eigenvalue weighted by Gasteiger charge is -2.32. The largest absolute Gasteiger partial charge is 0.483 e. The van der Waals surface area contributed by atoms with Crippen molar-refractivity contribution in [1.82, 2.24) is 10.2 Å². The van der Waals surface area contributed by atoms with Crippen LogP contribution in [0.5, 0.6) is 5.75 Å². The molecule has 2 atom stereocenters. The average Bonchev–Trinajstić information content (AvgIpc) is 2.87. The molecule has 0 fully saturated rings. The summed E-state index contributed by atoms with van der Waals surface area (Å²) in [4.78, 5) is 28.4. The summed E-state index contributed by atoms with van der Waals surface area (Å²) < 4.78 is 21.0. The highest BCUT2D eigenvalue weighted by molar-refractivity contribution is 9.10. The van der Waals surface area contributed by atoms with Gasteiger partial charge in [0, 0.05) is 29.6 Å². The summed E-state index contributed by atoms with van der Waals surface area (Å²) in [7, 11) is 0. The first-order chi connectivity index (χ1) is 17.3. The molecule has 0 unspecified atom stereocenters. The van der Waals surface area contributed by atoms with Gasteiger partial charge in [0.1, 0.15) is 17.6 Å². The van der Waals surface area contributed by atoms with E-state index in [1.54, 1.807) is 36.4 Å². The molecule has 0 heterocycles. The highest BCUT2D eigenvalue weighted by Crippen LogP contribution is 2.28. The van der Waals surface area contributed by atoms with Crippen LogP contribution in [0.25, 0.3) is 0 Å². The van der Waals surface area contributed by atoms with E-state index >= 15 is 0 Å². The summed E-state index contributed by atoms with van der Waals surface area (Å²) >= 11 is 9.38. The van der Waals surface area contributed by atoms with Crippen LogP contribution < -0.4 is 10.1 Å². The second kappa shape index (κ2) is 13.4. The lowest BCUT2D eigenvalue weighted by Crippen LogP contribution is -2.53. The van der Waals surface area contributed by atoms with Crippen molar-refractivity contribution in [1.29, 1.82) is 0 Å². The summed E-state index contributed by atoms with van der Waals surface area (Å²) in [5.74, 6) is -0.759. The number of carbonyl (C=O) groups excluding carboxylic acids is 2. The summed E-state index contributed by atoms with van der Waals surface area (Å²) in [6, 6.07) is 19.7. The van der Waals surface area contributed by atoms with Crippen LogP contribution in [-0.2, 0) is 22.6 Å². The van der Waals surface area contributed by atoms with Crippen molar-refractivity contribution in [3.63, 3.8) is 0 Å². The van der Waals surface area contributed by atoms with Crippen molar-refractivity contribution in [2.75, 3.05) is 6.61 Å². The molecule has 8 heteroatoms. The fourth-order valence-corrected chi connectivity index (χ4v) is 4.42. The SMILES string of the molecule is CC[C@H](C)NC(=O)[C@H](Cc1ccccc1)N(Cc1ccccc1F)C(=O)COc1ccc(Cl)cc1Br. The van der Waals surface area contributed by atoms with E-state index in [1.165, 1.54) is 11.0 Å². The molecule has 0 saturated carbocycles. The van der Waals surface area contributed by atoms with Gasteiger partial charge in [-0.2, -0.15) is 0 Å². The third kappa shape index (κ3) is 7.80. The number of benzene rings is 3. The van der Waals surface area contributed by atoms with Crippen LogP contribution in [0.1, 0.15) is 31.4 Å². The molecule has 0 spiro atoms. The fourth-order valence-electron chi connectivity index (χ4n) is 3.62. The van der Waals surface area contributed by atoms with Gasteiger partial charge in [0.15, 0.2) is 6.61 Å². The van der Waals surface area contributed by atoms with Crippen LogP contribution in [-0.4, -0.2) is 35.4 Å². The van der Waals surface area contributed by atoms with Crippen LogP contribution >= 0.6 is 27.5 Å². The second-order valence-electron chi connectivity index (χ2n) is 8.50. The van der Waals surface area contributed by atoms with E-state index in [-0.39, 0.29) is 31.5 Å². The Balaban J connectivity index is 1.93. The Labute approximate surface area is 224 Å². The Kier molecular flexibility index (Phi) is 10.3. The minimum atomic E-state index is -0.870. The van der Waals surface area contributed by atoms with Gasteiger partial charge < -0.3 is 15.0 Å². The molecule has 3 aromatic rings. The Morgan fingerprint density at radius 3 is 2.44 bits per heavy atom. The molecule has 0 aromatic heterocycles. The van der Waals surface area contributed by atoms with Crippen molar-refractivity contribution in [2.45, 2.75) is 45.3 Å². The minimum Gasteiger partial charge on any atom is -0.483 e. The van der Waals surface area contributed by atoms with E-state index in [1.807, 2.05) is 44.2 Å². The molecular weight excluding hydrogens is 547 g/mol. The van der Waals surface area contributed by atoms with Crippen LogP contribution in [0.3, 0.4) is 0 Å². The first kappa shape index (κ1) is 27.7. The van der Waals surface area contributed by atoms with Crippen molar-refractivity contribution in [2.24, 2.45) is 0 Å². The van der Waals surface area contributed by atoms with E-state index in [4.69, 9.17) is 16.3 Å². The zero-order valence-corrected chi connectivity index (χ0v) is 22.6. The Morgan fingerprint density at radius 1 is 1.08 bits per heavy atom. The van der Waals surface area contributed by atoms with Crippen LogP contribution in [0.2, 0.25) is 5.02 Å². The standard InChI is InChI=1S/C28H29BrClFN2O3/c1-3-19(2)32-28(35)25(15-20-9-5-4-6-10-20)33(17-21-11-7-8-12-24(21)31)27(34)18-36-26-14-13-22(30)16-23(26)29/h4-14,16,19,25H,3,15,17-18H2,1-2H3,(H,32,35)/t19-,25-/m0/s1. The van der Waals surface area contributed by atoms with Crippen LogP contribution in [0, 0.1) is 5.82 Å². The highest BCUT2D eigenvalue weighted by Gasteiger charge is 2.31.